The summed E-state index contributed by atoms with van der Waals surface area (Å²) in [7, 11) is 0. The molecule has 2 aromatic heterocycles. The first-order valence-electron chi connectivity index (χ1n) is 8.62. The molecule has 7 heteroatoms. The van der Waals surface area contributed by atoms with Gasteiger partial charge in [-0.1, -0.05) is 17.3 Å². The minimum absolute atomic E-state index is 0.0817. The number of fused-ring (bicyclic) bond motifs is 1. The molecule has 3 heterocycles. The summed E-state index contributed by atoms with van der Waals surface area (Å²) in [5.41, 5.74) is 1.42. The summed E-state index contributed by atoms with van der Waals surface area (Å²) in [5.74, 6) is 1.76. The average Bonchev–Trinajstić information content (AvgIpc) is 3.18. The molecule has 1 amide bonds. The normalized spacial score (nSPS) is 18.0. The summed E-state index contributed by atoms with van der Waals surface area (Å²) in [6, 6.07) is 7.82. The van der Waals surface area contributed by atoms with Crippen molar-refractivity contribution in [3.63, 3.8) is 0 Å². The number of piperidine rings is 1. The molecule has 0 spiro atoms. The zero-order chi connectivity index (χ0) is 17.4. The van der Waals surface area contributed by atoms with Crippen molar-refractivity contribution in [1.29, 1.82) is 0 Å². The average molecular weight is 339 g/mol. The van der Waals surface area contributed by atoms with Gasteiger partial charge in [0.15, 0.2) is 5.58 Å². The molecule has 0 bridgehead atoms. The van der Waals surface area contributed by atoms with E-state index in [9.17, 15) is 4.79 Å². The first-order chi connectivity index (χ1) is 12.1. The van der Waals surface area contributed by atoms with E-state index in [1.54, 1.807) is 0 Å². The van der Waals surface area contributed by atoms with Gasteiger partial charge >= 0.3 is 0 Å². The highest BCUT2D eigenvalue weighted by atomic mass is 16.5. The molecule has 0 N–H and O–H groups in total. The van der Waals surface area contributed by atoms with Gasteiger partial charge < -0.3 is 9.42 Å². The molecule has 130 valence electrons. The van der Waals surface area contributed by atoms with Crippen molar-refractivity contribution < 1.29 is 9.32 Å². The second-order valence-electron chi connectivity index (χ2n) is 6.59. The lowest BCUT2D eigenvalue weighted by molar-refractivity contribution is -0.132. The molecular weight excluding hydrogens is 318 g/mol. The number of benzene rings is 1. The van der Waals surface area contributed by atoms with Gasteiger partial charge in [-0.15, -0.1) is 0 Å². The first kappa shape index (κ1) is 15.8. The second-order valence-corrected chi connectivity index (χ2v) is 6.59. The Kier molecular flexibility index (Phi) is 3.99. The van der Waals surface area contributed by atoms with E-state index in [-0.39, 0.29) is 18.4 Å². The van der Waals surface area contributed by atoms with Crippen LogP contribution in [0.3, 0.4) is 0 Å². The van der Waals surface area contributed by atoms with Gasteiger partial charge in [0.05, 0.1) is 12.5 Å². The molecule has 25 heavy (non-hydrogen) atoms. The summed E-state index contributed by atoms with van der Waals surface area (Å²) < 4.78 is 7.26. The van der Waals surface area contributed by atoms with Gasteiger partial charge in [0.1, 0.15) is 17.3 Å². The Bertz CT molecular complexity index is 913. The van der Waals surface area contributed by atoms with Crippen LogP contribution in [0.5, 0.6) is 0 Å². The maximum atomic E-state index is 12.8. The summed E-state index contributed by atoms with van der Waals surface area (Å²) in [6.07, 6.45) is 2.24. The lowest BCUT2D eigenvalue weighted by Crippen LogP contribution is -2.42. The SMILES string of the molecule is Cc1nc(C)n([C@@H]2CCCN(C(=O)Cc3noc4ccccc34)C2)n1. The summed E-state index contributed by atoms with van der Waals surface area (Å²) >= 11 is 0. The number of carbonyl (C=O) groups excluding carboxylic acids is 1. The second kappa shape index (κ2) is 6.31. The standard InChI is InChI=1S/C18H21N5O2/c1-12-19-13(2)23(20-12)14-6-5-9-22(11-14)18(24)10-16-15-7-3-4-8-17(15)25-21-16/h3-4,7-8,14H,5-6,9-11H2,1-2H3/t14-/m1/s1. The fraction of sp³-hybridized carbons (Fsp3) is 0.444. The summed E-state index contributed by atoms with van der Waals surface area (Å²) in [4.78, 5) is 19.1. The van der Waals surface area contributed by atoms with E-state index in [2.05, 4.69) is 15.2 Å². The number of aromatic nitrogens is 4. The van der Waals surface area contributed by atoms with Crippen LogP contribution in [0.1, 0.15) is 36.2 Å². The number of aryl methyl sites for hydroxylation is 2. The third-order valence-electron chi connectivity index (χ3n) is 4.77. The molecule has 0 saturated carbocycles. The lowest BCUT2D eigenvalue weighted by Gasteiger charge is -2.33. The Morgan fingerprint density at radius 1 is 1.32 bits per heavy atom. The first-order valence-corrected chi connectivity index (χ1v) is 8.62. The minimum atomic E-state index is 0.0817. The maximum Gasteiger partial charge on any atom is 0.228 e. The number of carbonyl (C=O) groups is 1. The third-order valence-corrected chi connectivity index (χ3v) is 4.77. The molecule has 4 rings (SSSR count). The molecule has 1 saturated heterocycles. The van der Waals surface area contributed by atoms with Gasteiger partial charge in [-0.2, -0.15) is 5.10 Å². The summed E-state index contributed by atoms with van der Waals surface area (Å²) in [6.45, 7) is 5.29. The van der Waals surface area contributed by atoms with Gasteiger partial charge in [0, 0.05) is 18.5 Å². The van der Waals surface area contributed by atoms with Gasteiger partial charge in [-0.05, 0) is 38.8 Å². The zero-order valence-electron chi connectivity index (χ0n) is 14.5. The Balaban J connectivity index is 1.49. The van der Waals surface area contributed by atoms with Gasteiger partial charge in [0.25, 0.3) is 0 Å². The number of likely N-dealkylation sites (tertiary alicyclic amines) is 1. The molecule has 0 radical (unpaired) electrons. The van der Waals surface area contributed by atoms with Crippen LogP contribution in [-0.2, 0) is 11.2 Å². The lowest BCUT2D eigenvalue weighted by atomic mass is 10.0. The molecule has 1 fully saturated rings. The molecule has 1 aliphatic rings. The van der Waals surface area contributed by atoms with Crippen molar-refractivity contribution in [3.8, 4) is 0 Å². The van der Waals surface area contributed by atoms with E-state index in [0.29, 0.717) is 12.2 Å². The van der Waals surface area contributed by atoms with Crippen LogP contribution in [0.2, 0.25) is 0 Å². The van der Waals surface area contributed by atoms with E-state index in [4.69, 9.17) is 4.52 Å². The van der Waals surface area contributed by atoms with E-state index < -0.39 is 0 Å². The predicted octanol–water partition coefficient (Wildman–Crippen LogP) is 2.44. The van der Waals surface area contributed by atoms with Crippen LogP contribution in [-0.4, -0.2) is 43.8 Å². The van der Waals surface area contributed by atoms with E-state index in [1.165, 1.54) is 0 Å². The molecule has 1 aromatic carbocycles. The molecule has 1 aliphatic heterocycles. The van der Waals surface area contributed by atoms with E-state index in [0.717, 1.165) is 42.0 Å². The highest BCUT2D eigenvalue weighted by Gasteiger charge is 2.27. The topological polar surface area (TPSA) is 77.0 Å². The van der Waals surface area contributed by atoms with Crippen molar-refractivity contribution in [2.75, 3.05) is 13.1 Å². The Morgan fingerprint density at radius 3 is 2.96 bits per heavy atom. The molecule has 3 aromatic rings. The third kappa shape index (κ3) is 3.01. The van der Waals surface area contributed by atoms with Crippen molar-refractivity contribution in [2.24, 2.45) is 0 Å². The maximum absolute atomic E-state index is 12.8. The van der Waals surface area contributed by atoms with Gasteiger partial charge in [0.2, 0.25) is 5.91 Å². The van der Waals surface area contributed by atoms with Crippen LogP contribution in [0.15, 0.2) is 28.8 Å². The smallest absolute Gasteiger partial charge is 0.228 e. The van der Waals surface area contributed by atoms with Crippen molar-refractivity contribution >= 4 is 16.9 Å². The fourth-order valence-corrected chi connectivity index (χ4v) is 3.58. The Labute approximate surface area is 145 Å². The highest BCUT2D eigenvalue weighted by Crippen LogP contribution is 2.24. The molecule has 0 unspecified atom stereocenters. The van der Waals surface area contributed by atoms with Crippen LogP contribution in [0.4, 0.5) is 0 Å². The highest BCUT2D eigenvalue weighted by molar-refractivity contribution is 5.86. The number of hydrogen-bond acceptors (Lipinski definition) is 5. The van der Waals surface area contributed by atoms with Crippen molar-refractivity contribution in [3.05, 3.63) is 41.6 Å². The Hall–Kier alpha value is -2.70. The molecule has 0 aliphatic carbocycles. The number of nitrogens with zero attached hydrogens (tertiary/aromatic N) is 5. The largest absolute Gasteiger partial charge is 0.356 e. The minimum Gasteiger partial charge on any atom is -0.356 e. The predicted molar refractivity (Wildman–Crippen MR) is 92.1 cm³/mol. The van der Waals surface area contributed by atoms with Crippen LogP contribution in [0, 0.1) is 13.8 Å². The number of hydrogen-bond donors (Lipinski definition) is 0. The summed E-state index contributed by atoms with van der Waals surface area (Å²) in [5, 5.41) is 9.47. The fourth-order valence-electron chi connectivity index (χ4n) is 3.58. The number of para-hydroxylation sites is 1. The quantitative estimate of drug-likeness (QED) is 0.732. The van der Waals surface area contributed by atoms with Crippen LogP contribution < -0.4 is 0 Å². The van der Waals surface area contributed by atoms with E-state index in [1.807, 2.05) is 47.7 Å². The van der Waals surface area contributed by atoms with Crippen molar-refractivity contribution in [1.82, 2.24) is 24.8 Å². The zero-order valence-corrected chi connectivity index (χ0v) is 14.5. The molecular formula is C18H21N5O2. The molecule has 1 atom stereocenters. The van der Waals surface area contributed by atoms with Crippen LogP contribution >= 0.6 is 0 Å². The monoisotopic (exact) mass is 339 g/mol. The van der Waals surface area contributed by atoms with E-state index >= 15 is 0 Å². The van der Waals surface area contributed by atoms with Crippen molar-refractivity contribution in [2.45, 2.75) is 39.2 Å². The number of rotatable bonds is 3. The number of amides is 1. The van der Waals surface area contributed by atoms with Crippen LogP contribution in [0.25, 0.3) is 11.0 Å². The van der Waals surface area contributed by atoms with Gasteiger partial charge in [-0.25, -0.2) is 9.67 Å². The van der Waals surface area contributed by atoms with Gasteiger partial charge in [-0.3, -0.25) is 4.79 Å². The Morgan fingerprint density at radius 2 is 2.16 bits per heavy atom. The molecule has 7 nitrogen and oxygen atoms in total.